The number of benzene rings is 3. The van der Waals surface area contributed by atoms with Gasteiger partial charge < -0.3 is 10.1 Å². The van der Waals surface area contributed by atoms with Crippen molar-refractivity contribution < 1.29 is 13.9 Å². The van der Waals surface area contributed by atoms with Gasteiger partial charge in [-0.25, -0.2) is 4.39 Å². The Morgan fingerprint density at radius 2 is 1.61 bits per heavy atom. The molecule has 0 spiro atoms. The Morgan fingerprint density at radius 3 is 2.28 bits per heavy atom. The molecule has 190 valence electrons. The average molecular weight is 488 g/mol. The summed E-state index contributed by atoms with van der Waals surface area (Å²) in [5, 5.41) is 3.20. The second kappa shape index (κ2) is 12.3. The molecule has 0 unspecified atom stereocenters. The fourth-order valence-corrected chi connectivity index (χ4v) is 5.57. The Labute approximate surface area is 215 Å². The number of carbonyl (C=O) groups excluding carboxylic acids is 1. The van der Waals surface area contributed by atoms with Gasteiger partial charge in [0.05, 0.1) is 5.60 Å². The third kappa shape index (κ3) is 7.51. The van der Waals surface area contributed by atoms with Gasteiger partial charge in [-0.2, -0.15) is 0 Å². The highest BCUT2D eigenvalue weighted by Crippen LogP contribution is 2.36. The quantitative estimate of drug-likeness (QED) is 0.337. The van der Waals surface area contributed by atoms with Gasteiger partial charge in [-0.3, -0.25) is 4.79 Å². The molecular weight excluding hydrogens is 449 g/mol. The summed E-state index contributed by atoms with van der Waals surface area (Å²) in [6, 6.07) is 27.1. The summed E-state index contributed by atoms with van der Waals surface area (Å²) in [7, 11) is 0. The Morgan fingerprint density at radius 1 is 0.972 bits per heavy atom. The first kappa shape index (κ1) is 26.1. The summed E-state index contributed by atoms with van der Waals surface area (Å²) in [5.74, 6) is 0.706. The van der Waals surface area contributed by atoms with Crippen LogP contribution in [0.15, 0.2) is 84.9 Å². The molecule has 1 amide bonds. The molecule has 3 aromatic carbocycles. The van der Waals surface area contributed by atoms with E-state index >= 15 is 0 Å². The van der Waals surface area contributed by atoms with E-state index in [1.807, 2.05) is 30.3 Å². The monoisotopic (exact) mass is 487 g/mol. The zero-order valence-electron chi connectivity index (χ0n) is 21.5. The fourth-order valence-electron chi connectivity index (χ4n) is 5.57. The minimum absolute atomic E-state index is 0.0268. The van der Waals surface area contributed by atoms with Crippen LogP contribution in [0.2, 0.25) is 0 Å². The van der Waals surface area contributed by atoms with Crippen molar-refractivity contribution in [2.24, 2.45) is 11.8 Å². The Bertz CT molecular complexity index is 1080. The highest BCUT2D eigenvalue weighted by atomic mass is 19.1. The van der Waals surface area contributed by atoms with Crippen LogP contribution >= 0.6 is 0 Å². The van der Waals surface area contributed by atoms with Crippen molar-refractivity contribution in [2.75, 3.05) is 13.2 Å². The van der Waals surface area contributed by atoms with Crippen LogP contribution in [-0.4, -0.2) is 24.7 Å². The molecule has 3 atom stereocenters. The zero-order chi connectivity index (χ0) is 25.4. The molecule has 1 fully saturated rings. The molecule has 0 radical (unpaired) electrons. The van der Waals surface area contributed by atoms with Crippen LogP contribution in [0.5, 0.6) is 0 Å². The van der Waals surface area contributed by atoms with E-state index in [0.29, 0.717) is 24.8 Å². The standard InChI is InChI=1S/C32H38FNO2/c1-32(2)23-28(18-20-36-32)27(21-24-9-5-3-6-10-24)17-19-34-31(35)22-30(25-11-7-4-8-12-25)26-13-15-29(33)16-14-26/h3-16,27-28,30H,17-23H2,1-2H3,(H,34,35)/t27-,28+,30-/m0/s1. The number of nitrogens with one attached hydrogen (secondary N) is 1. The summed E-state index contributed by atoms with van der Waals surface area (Å²) in [4.78, 5) is 13.1. The Kier molecular flexibility index (Phi) is 8.93. The van der Waals surface area contributed by atoms with Crippen LogP contribution in [-0.2, 0) is 16.0 Å². The lowest BCUT2D eigenvalue weighted by Crippen LogP contribution is -2.38. The summed E-state index contributed by atoms with van der Waals surface area (Å²) in [6.45, 7) is 5.81. The van der Waals surface area contributed by atoms with Gasteiger partial charge in [-0.15, -0.1) is 0 Å². The Balaban J connectivity index is 1.40. The van der Waals surface area contributed by atoms with Crippen LogP contribution in [0.4, 0.5) is 4.39 Å². The summed E-state index contributed by atoms with van der Waals surface area (Å²) in [5.41, 5.74) is 3.26. The lowest BCUT2D eigenvalue weighted by Gasteiger charge is -2.39. The van der Waals surface area contributed by atoms with E-state index in [2.05, 4.69) is 49.5 Å². The Hall–Kier alpha value is -2.98. The maximum Gasteiger partial charge on any atom is 0.220 e. The van der Waals surface area contributed by atoms with Crippen molar-refractivity contribution in [3.63, 3.8) is 0 Å². The van der Waals surface area contributed by atoms with Gasteiger partial charge >= 0.3 is 0 Å². The fraction of sp³-hybridized carbons (Fsp3) is 0.406. The van der Waals surface area contributed by atoms with Crippen molar-refractivity contribution in [1.82, 2.24) is 5.32 Å². The van der Waals surface area contributed by atoms with E-state index in [4.69, 9.17) is 4.74 Å². The van der Waals surface area contributed by atoms with Gasteiger partial charge in [0.15, 0.2) is 0 Å². The molecule has 1 aliphatic rings. The smallest absolute Gasteiger partial charge is 0.220 e. The maximum absolute atomic E-state index is 13.5. The number of amides is 1. The molecule has 4 rings (SSSR count). The van der Waals surface area contributed by atoms with E-state index in [1.54, 1.807) is 12.1 Å². The molecule has 0 aliphatic carbocycles. The zero-order valence-corrected chi connectivity index (χ0v) is 21.5. The van der Waals surface area contributed by atoms with Gasteiger partial charge in [-0.1, -0.05) is 72.8 Å². The van der Waals surface area contributed by atoms with Gasteiger partial charge in [0.2, 0.25) is 5.91 Å². The lowest BCUT2D eigenvalue weighted by molar-refractivity contribution is -0.121. The van der Waals surface area contributed by atoms with E-state index in [-0.39, 0.29) is 23.2 Å². The molecule has 3 nitrogen and oxygen atoms in total. The van der Waals surface area contributed by atoms with Gasteiger partial charge in [0, 0.05) is 25.5 Å². The van der Waals surface area contributed by atoms with Gasteiger partial charge in [0.1, 0.15) is 5.82 Å². The highest BCUT2D eigenvalue weighted by Gasteiger charge is 2.33. The van der Waals surface area contributed by atoms with E-state index in [1.165, 1.54) is 17.7 Å². The van der Waals surface area contributed by atoms with Crippen molar-refractivity contribution >= 4 is 5.91 Å². The van der Waals surface area contributed by atoms with E-state index in [0.717, 1.165) is 43.4 Å². The predicted octanol–water partition coefficient (Wildman–Crippen LogP) is 6.92. The van der Waals surface area contributed by atoms with Crippen molar-refractivity contribution in [3.8, 4) is 0 Å². The van der Waals surface area contributed by atoms with Crippen molar-refractivity contribution in [1.29, 1.82) is 0 Å². The predicted molar refractivity (Wildman–Crippen MR) is 143 cm³/mol. The SMILES string of the molecule is CC1(C)C[C@H]([C@@H](CCNC(=O)C[C@@H](c2ccccc2)c2ccc(F)cc2)Cc2ccccc2)CCO1. The first-order valence-electron chi connectivity index (χ1n) is 13.1. The topological polar surface area (TPSA) is 38.3 Å². The van der Waals surface area contributed by atoms with Gasteiger partial charge in [-0.05, 0) is 80.2 Å². The molecule has 1 heterocycles. The second-order valence-corrected chi connectivity index (χ2v) is 10.7. The molecule has 36 heavy (non-hydrogen) atoms. The molecule has 1 N–H and O–H groups in total. The van der Waals surface area contributed by atoms with Crippen molar-refractivity contribution in [2.45, 2.75) is 57.5 Å². The van der Waals surface area contributed by atoms with Crippen molar-refractivity contribution in [3.05, 3.63) is 107 Å². The van der Waals surface area contributed by atoms with E-state index < -0.39 is 0 Å². The third-order valence-corrected chi connectivity index (χ3v) is 7.44. The second-order valence-electron chi connectivity index (χ2n) is 10.7. The normalized spacial score (nSPS) is 18.8. The summed E-state index contributed by atoms with van der Waals surface area (Å²) >= 11 is 0. The van der Waals surface area contributed by atoms with Crippen LogP contribution in [0.25, 0.3) is 0 Å². The number of hydrogen-bond acceptors (Lipinski definition) is 2. The molecule has 0 bridgehead atoms. The number of halogens is 1. The van der Waals surface area contributed by atoms with Crippen LogP contribution in [0.1, 0.15) is 62.1 Å². The molecule has 1 saturated heterocycles. The molecule has 1 aliphatic heterocycles. The average Bonchev–Trinajstić information content (AvgIpc) is 2.88. The number of ether oxygens (including phenoxy) is 1. The third-order valence-electron chi connectivity index (χ3n) is 7.44. The molecule has 3 aromatic rings. The summed E-state index contributed by atoms with van der Waals surface area (Å²) < 4.78 is 19.5. The van der Waals surface area contributed by atoms with Gasteiger partial charge in [0.25, 0.3) is 0 Å². The molecule has 4 heteroatoms. The molecular formula is C32H38FNO2. The number of rotatable bonds is 10. The first-order valence-corrected chi connectivity index (χ1v) is 13.1. The minimum Gasteiger partial charge on any atom is -0.376 e. The van der Waals surface area contributed by atoms with Crippen LogP contribution in [0, 0.1) is 17.7 Å². The molecule has 0 aromatic heterocycles. The largest absolute Gasteiger partial charge is 0.376 e. The highest BCUT2D eigenvalue weighted by molar-refractivity contribution is 5.77. The lowest BCUT2D eigenvalue weighted by atomic mass is 9.75. The first-order chi connectivity index (χ1) is 17.4. The molecule has 0 saturated carbocycles. The van der Waals surface area contributed by atoms with E-state index in [9.17, 15) is 9.18 Å². The number of carbonyl (C=O) groups is 1. The van der Waals surface area contributed by atoms with Crippen LogP contribution in [0.3, 0.4) is 0 Å². The van der Waals surface area contributed by atoms with Crippen LogP contribution < -0.4 is 5.32 Å². The minimum atomic E-state index is -0.268. The maximum atomic E-state index is 13.5. The summed E-state index contributed by atoms with van der Waals surface area (Å²) in [6.07, 6.45) is 4.39. The number of hydrogen-bond donors (Lipinski definition) is 1.